The highest BCUT2D eigenvalue weighted by atomic mass is 19.1. The second-order valence-electron chi connectivity index (χ2n) is 4.10. The van der Waals surface area contributed by atoms with Crippen molar-refractivity contribution in [1.29, 1.82) is 0 Å². The van der Waals surface area contributed by atoms with E-state index in [0.717, 1.165) is 12.0 Å². The molecule has 0 bridgehead atoms. The fraction of sp³-hybridized carbons (Fsp3) is 0.200. The highest BCUT2D eigenvalue weighted by molar-refractivity contribution is 5.32. The van der Waals surface area contributed by atoms with Gasteiger partial charge in [0.25, 0.3) is 0 Å². The Morgan fingerprint density at radius 2 is 1.65 bits per heavy atom. The Morgan fingerprint density at radius 1 is 0.941 bits per heavy atom. The Labute approximate surface area is 101 Å². The number of rotatable bonds is 4. The summed E-state index contributed by atoms with van der Waals surface area (Å²) >= 11 is 0. The lowest BCUT2D eigenvalue weighted by atomic mass is 9.88. The lowest BCUT2D eigenvalue weighted by Crippen LogP contribution is -2.09. The molecular weight excluding hydrogens is 213 g/mol. The molecule has 0 fully saturated rings. The monoisotopic (exact) mass is 229 g/mol. The maximum Gasteiger partial charge on any atom is 0.123 e. The molecule has 0 radical (unpaired) electrons. The second-order valence-corrected chi connectivity index (χ2v) is 4.10. The van der Waals surface area contributed by atoms with E-state index in [1.54, 1.807) is 12.1 Å². The molecule has 88 valence electrons. The topological polar surface area (TPSA) is 26.0 Å². The number of nitrogens with two attached hydrogens (primary N) is 1. The van der Waals surface area contributed by atoms with Crippen LogP contribution in [0.1, 0.15) is 23.5 Å². The van der Waals surface area contributed by atoms with Crippen molar-refractivity contribution in [2.24, 2.45) is 5.73 Å². The summed E-state index contributed by atoms with van der Waals surface area (Å²) in [5, 5.41) is 0. The van der Waals surface area contributed by atoms with E-state index in [1.165, 1.54) is 11.6 Å². The Balaban J connectivity index is 2.35. The van der Waals surface area contributed by atoms with Gasteiger partial charge in [-0.25, -0.2) is 4.39 Å². The molecule has 0 spiro atoms. The van der Waals surface area contributed by atoms with Gasteiger partial charge >= 0.3 is 0 Å². The van der Waals surface area contributed by atoms with Gasteiger partial charge in [0.2, 0.25) is 0 Å². The molecule has 2 heteroatoms. The lowest BCUT2D eigenvalue weighted by Gasteiger charge is -2.17. The van der Waals surface area contributed by atoms with Crippen molar-refractivity contribution in [3.63, 3.8) is 0 Å². The molecule has 2 aromatic carbocycles. The maximum atomic E-state index is 13.3. The third-order valence-electron chi connectivity index (χ3n) is 2.91. The molecule has 2 N–H and O–H groups in total. The zero-order valence-electron chi connectivity index (χ0n) is 9.64. The van der Waals surface area contributed by atoms with Crippen LogP contribution in [0.2, 0.25) is 0 Å². The van der Waals surface area contributed by atoms with E-state index >= 15 is 0 Å². The van der Waals surface area contributed by atoms with Crippen LogP contribution in [0, 0.1) is 5.82 Å². The molecule has 2 rings (SSSR count). The highest BCUT2D eigenvalue weighted by Gasteiger charge is 2.13. The summed E-state index contributed by atoms with van der Waals surface area (Å²) in [4.78, 5) is 0. The van der Waals surface area contributed by atoms with E-state index < -0.39 is 0 Å². The zero-order valence-corrected chi connectivity index (χ0v) is 9.64. The van der Waals surface area contributed by atoms with Crippen LogP contribution in [-0.2, 0) is 0 Å². The van der Waals surface area contributed by atoms with Gasteiger partial charge in [0.05, 0.1) is 0 Å². The van der Waals surface area contributed by atoms with E-state index in [0.29, 0.717) is 6.54 Å². The SMILES string of the molecule is NCCC(c1ccccc1)c1cccc(F)c1. The van der Waals surface area contributed by atoms with Gasteiger partial charge in [0.1, 0.15) is 5.82 Å². The largest absolute Gasteiger partial charge is 0.330 e. The highest BCUT2D eigenvalue weighted by Crippen LogP contribution is 2.27. The van der Waals surface area contributed by atoms with Gasteiger partial charge in [-0.3, -0.25) is 0 Å². The predicted octanol–water partition coefficient (Wildman–Crippen LogP) is 3.31. The van der Waals surface area contributed by atoms with Gasteiger partial charge in [-0.1, -0.05) is 42.5 Å². The van der Waals surface area contributed by atoms with E-state index in [9.17, 15) is 4.39 Å². The first-order chi connectivity index (χ1) is 8.31. The first kappa shape index (κ1) is 11.8. The van der Waals surface area contributed by atoms with Gasteiger partial charge in [-0.15, -0.1) is 0 Å². The van der Waals surface area contributed by atoms with Gasteiger partial charge < -0.3 is 5.73 Å². The van der Waals surface area contributed by atoms with Crippen molar-refractivity contribution < 1.29 is 4.39 Å². The fourth-order valence-electron chi connectivity index (χ4n) is 2.10. The van der Waals surface area contributed by atoms with Crippen molar-refractivity contribution in [2.45, 2.75) is 12.3 Å². The minimum Gasteiger partial charge on any atom is -0.330 e. The van der Waals surface area contributed by atoms with Crippen LogP contribution in [0.3, 0.4) is 0 Å². The first-order valence-corrected chi connectivity index (χ1v) is 5.81. The molecule has 0 heterocycles. The van der Waals surface area contributed by atoms with Crippen LogP contribution in [-0.4, -0.2) is 6.54 Å². The Bertz CT molecular complexity index is 467. The van der Waals surface area contributed by atoms with E-state index in [4.69, 9.17) is 5.73 Å². The lowest BCUT2D eigenvalue weighted by molar-refractivity contribution is 0.620. The van der Waals surface area contributed by atoms with Crippen molar-refractivity contribution in [3.05, 3.63) is 71.5 Å². The van der Waals surface area contributed by atoms with E-state index in [1.807, 2.05) is 24.3 Å². The number of halogens is 1. The number of benzene rings is 2. The van der Waals surface area contributed by atoms with Crippen molar-refractivity contribution in [3.8, 4) is 0 Å². The first-order valence-electron chi connectivity index (χ1n) is 5.81. The smallest absolute Gasteiger partial charge is 0.123 e. The Morgan fingerprint density at radius 3 is 2.29 bits per heavy atom. The summed E-state index contributed by atoms with van der Waals surface area (Å²) in [5.74, 6) is -0.0163. The van der Waals surface area contributed by atoms with Crippen molar-refractivity contribution in [2.75, 3.05) is 6.54 Å². The molecule has 0 aliphatic carbocycles. The summed E-state index contributed by atoms with van der Waals surface area (Å²) in [5.41, 5.74) is 7.82. The predicted molar refractivity (Wildman–Crippen MR) is 68.4 cm³/mol. The number of hydrogen-bond donors (Lipinski definition) is 1. The molecular formula is C15H16FN. The van der Waals surface area contributed by atoms with Gasteiger partial charge in [0.15, 0.2) is 0 Å². The van der Waals surface area contributed by atoms with E-state index in [2.05, 4.69) is 12.1 Å². The normalized spacial score (nSPS) is 12.4. The van der Waals surface area contributed by atoms with Gasteiger partial charge in [-0.2, -0.15) is 0 Å². The average Bonchev–Trinajstić information content (AvgIpc) is 2.37. The summed E-state index contributed by atoms with van der Waals surface area (Å²) in [7, 11) is 0. The molecule has 0 saturated heterocycles. The molecule has 1 atom stereocenters. The molecule has 0 amide bonds. The molecule has 2 aromatic rings. The minimum atomic E-state index is -0.194. The van der Waals surface area contributed by atoms with Crippen molar-refractivity contribution >= 4 is 0 Å². The molecule has 0 aliphatic heterocycles. The quantitative estimate of drug-likeness (QED) is 0.855. The third kappa shape index (κ3) is 2.92. The van der Waals surface area contributed by atoms with Gasteiger partial charge in [0, 0.05) is 5.92 Å². The van der Waals surface area contributed by atoms with Crippen LogP contribution in [0.25, 0.3) is 0 Å². The zero-order chi connectivity index (χ0) is 12.1. The summed E-state index contributed by atoms with van der Waals surface area (Å²) in [6.45, 7) is 0.593. The second kappa shape index (κ2) is 5.60. The molecule has 0 saturated carbocycles. The van der Waals surface area contributed by atoms with Crippen LogP contribution >= 0.6 is 0 Å². The molecule has 1 unspecified atom stereocenters. The van der Waals surface area contributed by atoms with Gasteiger partial charge in [-0.05, 0) is 36.2 Å². The Hall–Kier alpha value is -1.67. The van der Waals surface area contributed by atoms with Crippen LogP contribution in [0.15, 0.2) is 54.6 Å². The standard InChI is InChI=1S/C15H16FN/c16-14-8-4-7-13(11-14)15(9-10-17)12-5-2-1-3-6-12/h1-8,11,15H,9-10,17H2. The maximum absolute atomic E-state index is 13.3. The van der Waals surface area contributed by atoms with Crippen LogP contribution in [0.4, 0.5) is 4.39 Å². The summed E-state index contributed by atoms with van der Waals surface area (Å²) in [6, 6.07) is 16.9. The minimum absolute atomic E-state index is 0.178. The average molecular weight is 229 g/mol. The molecule has 0 aromatic heterocycles. The third-order valence-corrected chi connectivity index (χ3v) is 2.91. The summed E-state index contributed by atoms with van der Waals surface area (Å²) < 4.78 is 13.3. The molecule has 1 nitrogen and oxygen atoms in total. The molecule has 0 aliphatic rings. The number of hydrogen-bond acceptors (Lipinski definition) is 1. The fourth-order valence-corrected chi connectivity index (χ4v) is 2.10. The van der Waals surface area contributed by atoms with Crippen LogP contribution < -0.4 is 5.73 Å². The van der Waals surface area contributed by atoms with Crippen molar-refractivity contribution in [1.82, 2.24) is 0 Å². The van der Waals surface area contributed by atoms with Crippen LogP contribution in [0.5, 0.6) is 0 Å². The molecule has 17 heavy (non-hydrogen) atoms. The summed E-state index contributed by atoms with van der Waals surface area (Å²) in [6.07, 6.45) is 0.827. The van der Waals surface area contributed by atoms with E-state index in [-0.39, 0.29) is 11.7 Å². The Kier molecular flexibility index (Phi) is 3.89.